The maximum atomic E-state index is 11.0. The summed E-state index contributed by atoms with van der Waals surface area (Å²) in [6.45, 7) is 0. The quantitative estimate of drug-likeness (QED) is 0.590. The number of ether oxygens (including phenoxy) is 1. The van der Waals surface area contributed by atoms with Crippen molar-refractivity contribution in [3.8, 4) is 0 Å². The zero-order valence-corrected chi connectivity index (χ0v) is 8.18. The first-order valence-corrected chi connectivity index (χ1v) is 5.47. The van der Waals surface area contributed by atoms with E-state index in [1.807, 2.05) is 0 Å². The molecule has 1 aromatic rings. The van der Waals surface area contributed by atoms with Crippen LogP contribution in [-0.4, -0.2) is 26.0 Å². The highest BCUT2D eigenvalue weighted by Gasteiger charge is 2.21. The highest BCUT2D eigenvalue weighted by molar-refractivity contribution is 7.86. The first-order chi connectivity index (χ1) is 5.96. The van der Waals surface area contributed by atoms with Gasteiger partial charge in [-0.15, -0.1) is 0 Å². The second-order valence-corrected chi connectivity index (χ2v) is 4.25. The lowest BCUT2D eigenvalue weighted by molar-refractivity contribution is 0.0597. The Morgan fingerprint density at radius 3 is 2.62 bits per heavy atom. The third-order valence-electron chi connectivity index (χ3n) is 1.31. The Morgan fingerprint density at radius 2 is 2.15 bits per heavy atom. The van der Waals surface area contributed by atoms with E-state index in [1.54, 1.807) is 0 Å². The monoisotopic (exact) mass is 222 g/mol. The van der Waals surface area contributed by atoms with Gasteiger partial charge in [0.25, 0.3) is 10.1 Å². The maximum absolute atomic E-state index is 11.0. The number of rotatable bonds is 2. The zero-order valence-electron chi connectivity index (χ0n) is 6.55. The van der Waals surface area contributed by atoms with Crippen LogP contribution in [0.5, 0.6) is 0 Å². The number of thiophene rings is 1. The van der Waals surface area contributed by atoms with Crippen LogP contribution in [0.15, 0.2) is 15.7 Å². The standard InChI is InChI=1S/C6H6O5S2/c1-11-6(7)4-2-12-3-5(4)13(8,9)10/h2-3H,1H3,(H,8,9,10). The van der Waals surface area contributed by atoms with Gasteiger partial charge in [-0.05, 0) is 0 Å². The number of hydrogen-bond acceptors (Lipinski definition) is 5. The van der Waals surface area contributed by atoms with Crippen molar-refractivity contribution in [3.63, 3.8) is 0 Å². The van der Waals surface area contributed by atoms with Gasteiger partial charge < -0.3 is 4.74 Å². The fourth-order valence-corrected chi connectivity index (χ4v) is 2.57. The first-order valence-electron chi connectivity index (χ1n) is 3.09. The van der Waals surface area contributed by atoms with Crippen LogP contribution in [0.25, 0.3) is 0 Å². The van der Waals surface area contributed by atoms with Crippen LogP contribution < -0.4 is 0 Å². The van der Waals surface area contributed by atoms with Crippen LogP contribution in [0.2, 0.25) is 0 Å². The predicted octanol–water partition coefficient (Wildman–Crippen LogP) is 0.781. The average molecular weight is 222 g/mol. The SMILES string of the molecule is COC(=O)c1cscc1S(=O)(=O)O. The van der Waals surface area contributed by atoms with E-state index in [-0.39, 0.29) is 5.56 Å². The fourth-order valence-electron chi connectivity index (χ4n) is 0.744. The molecule has 0 fully saturated rings. The molecule has 1 rings (SSSR count). The van der Waals surface area contributed by atoms with Gasteiger partial charge in [-0.1, -0.05) is 0 Å². The molecule has 0 bridgehead atoms. The third-order valence-corrected chi connectivity index (χ3v) is 3.10. The zero-order chi connectivity index (χ0) is 10.1. The smallest absolute Gasteiger partial charge is 0.340 e. The summed E-state index contributed by atoms with van der Waals surface area (Å²) in [5.74, 6) is -0.783. The number of methoxy groups -OCH3 is 1. The molecule has 0 atom stereocenters. The third kappa shape index (κ3) is 2.06. The molecule has 0 aliphatic rings. The van der Waals surface area contributed by atoms with Gasteiger partial charge in [-0.25, -0.2) is 4.79 Å². The summed E-state index contributed by atoms with van der Waals surface area (Å²) in [4.78, 5) is 10.5. The van der Waals surface area contributed by atoms with Crippen molar-refractivity contribution in [2.24, 2.45) is 0 Å². The topological polar surface area (TPSA) is 80.7 Å². The van der Waals surface area contributed by atoms with Gasteiger partial charge in [-0.3, -0.25) is 4.55 Å². The number of esters is 1. The fraction of sp³-hybridized carbons (Fsp3) is 0.167. The second kappa shape index (κ2) is 3.44. The highest BCUT2D eigenvalue weighted by Crippen LogP contribution is 2.20. The number of carbonyl (C=O) groups is 1. The van der Waals surface area contributed by atoms with Crippen molar-refractivity contribution >= 4 is 27.4 Å². The molecule has 7 heteroatoms. The number of hydrogen-bond donors (Lipinski definition) is 1. The Labute approximate surface area is 78.7 Å². The normalized spacial score (nSPS) is 11.2. The minimum atomic E-state index is -4.34. The Morgan fingerprint density at radius 1 is 1.54 bits per heavy atom. The van der Waals surface area contributed by atoms with Crippen molar-refractivity contribution in [3.05, 3.63) is 16.3 Å². The second-order valence-electron chi connectivity index (χ2n) is 2.12. The first kappa shape index (κ1) is 10.2. The minimum absolute atomic E-state index is 0.144. The van der Waals surface area contributed by atoms with Gasteiger partial charge in [0.15, 0.2) is 0 Å². The molecule has 13 heavy (non-hydrogen) atoms. The molecular weight excluding hydrogens is 216 g/mol. The van der Waals surface area contributed by atoms with Gasteiger partial charge >= 0.3 is 5.97 Å². The molecule has 0 radical (unpaired) electrons. The van der Waals surface area contributed by atoms with Crippen LogP contribution in [0.1, 0.15) is 10.4 Å². The Kier molecular flexibility index (Phi) is 2.69. The summed E-state index contributed by atoms with van der Waals surface area (Å²) in [6, 6.07) is 0. The van der Waals surface area contributed by atoms with E-state index in [9.17, 15) is 13.2 Å². The molecule has 0 saturated carbocycles. The van der Waals surface area contributed by atoms with Crippen molar-refractivity contribution in [1.29, 1.82) is 0 Å². The minimum Gasteiger partial charge on any atom is -0.465 e. The van der Waals surface area contributed by atoms with Crippen LogP contribution in [0.3, 0.4) is 0 Å². The van der Waals surface area contributed by atoms with Crippen LogP contribution in [-0.2, 0) is 14.9 Å². The Bertz CT molecular complexity index is 416. The summed E-state index contributed by atoms with van der Waals surface area (Å²) in [5.41, 5.74) is -0.144. The van der Waals surface area contributed by atoms with Gasteiger partial charge in [-0.2, -0.15) is 19.8 Å². The molecule has 1 heterocycles. The largest absolute Gasteiger partial charge is 0.465 e. The van der Waals surface area contributed by atoms with Crippen molar-refractivity contribution in [2.75, 3.05) is 7.11 Å². The Hall–Kier alpha value is -0.920. The lowest BCUT2D eigenvalue weighted by Crippen LogP contribution is -2.07. The lowest BCUT2D eigenvalue weighted by atomic mass is 10.3. The molecule has 0 aliphatic carbocycles. The van der Waals surface area contributed by atoms with Crippen LogP contribution >= 0.6 is 11.3 Å². The van der Waals surface area contributed by atoms with Gasteiger partial charge in [0, 0.05) is 10.8 Å². The Balaban J connectivity index is 3.26. The highest BCUT2D eigenvalue weighted by atomic mass is 32.2. The van der Waals surface area contributed by atoms with E-state index in [0.29, 0.717) is 0 Å². The molecule has 72 valence electrons. The van der Waals surface area contributed by atoms with E-state index < -0.39 is 21.0 Å². The molecule has 0 unspecified atom stereocenters. The van der Waals surface area contributed by atoms with Crippen LogP contribution in [0.4, 0.5) is 0 Å². The molecule has 1 N–H and O–H groups in total. The van der Waals surface area contributed by atoms with E-state index >= 15 is 0 Å². The summed E-state index contributed by atoms with van der Waals surface area (Å²) in [6.07, 6.45) is 0. The molecule has 5 nitrogen and oxygen atoms in total. The molecule has 0 aromatic carbocycles. The lowest BCUT2D eigenvalue weighted by Gasteiger charge is -1.97. The molecule has 0 amide bonds. The van der Waals surface area contributed by atoms with Gasteiger partial charge in [0.1, 0.15) is 4.90 Å². The van der Waals surface area contributed by atoms with Crippen molar-refractivity contribution in [1.82, 2.24) is 0 Å². The molecule has 0 saturated heterocycles. The van der Waals surface area contributed by atoms with Gasteiger partial charge in [0.05, 0.1) is 12.7 Å². The van der Waals surface area contributed by atoms with Crippen molar-refractivity contribution < 1.29 is 22.5 Å². The predicted molar refractivity (Wildman–Crippen MR) is 45.5 cm³/mol. The molecular formula is C6H6O5S2. The number of carbonyl (C=O) groups excluding carboxylic acids is 1. The summed E-state index contributed by atoms with van der Waals surface area (Å²) >= 11 is 0.997. The average Bonchev–Trinajstić information content (AvgIpc) is 2.49. The van der Waals surface area contributed by atoms with E-state index in [4.69, 9.17) is 4.55 Å². The molecule has 1 aromatic heterocycles. The maximum Gasteiger partial charge on any atom is 0.340 e. The molecule has 0 spiro atoms. The van der Waals surface area contributed by atoms with E-state index in [0.717, 1.165) is 18.4 Å². The van der Waals surface area contributed by atoms with E-state index in [1.165, 1.54) is 10.8 Å². The van der Waals surface area contributed by atoms with Crippen molar-refractivity contribution in [2.45, 2.75) is 4.90 Å². The summed E-state index contributed by atoms with van der Waals surface area (Å²) < 4.78 is 34.4. The van der Waals surface area contributed by atoms with E-state index in [2.05, 4.69) is 4.74 Å². The summed E-state index contributed by atoms with van der Waals surface area (Å²) in [5, 5.41) is 2.47. The summed E-state index contributed by atoms with van der Waals surface area (Å²) in [7, 11) is -3.20. The van der Waals surface area contributed by atoms with Gasteiger partial charge in [0.2, 0.25) is 0 Å². The molecule has 0 aliphatic heterocycles. The van der Waals surface area contributed by atoms with Crippen LogP contribution in [0, 0.1) is 0 Å².